The smallest absolute Gasteiger partial charge is 0.337 e. The highest BCUT2D eigenvalue weighted by atomic mass is 16.5. The molecule has 3 rings (SSSR count). The van der Waals surface area contributed by atoms with Gasteiger partial charge in [-0.2, -0.15) is 0 Å². The van der Waals surface area contributed by atoms with Crippen molar-refractivity contribution < 1.29 is 34.4 Å². The maximum Gasteiger partial charge on any atom is 0.337 e. The lowest BCUT2D eigenvalue weighted by atomic mass is 9.74. The van der Waals surface area contributed by atoms with E-state index in [1.165, 1.54) is 38.5 Å². The van der Waals surface area contributed by atoms with Crippen LogP contribution in [0.3, 0.4) is 0 Å². The fourth-order valence-electron chi connectivity index (χ4n) is 7.67. The number of rotatable bonds is 28. The van der Waals surface area contributed by atoms with E-state index in [2.05, 4.69) is 62.5 Å². The van der Waals surface area contributed by atoms with Crippen LogP contribution in [-0.4, -0.2) is 39.0 Å². The van der Waals surface area contributed by atoms with E-state index in [-0.39, 0.29) is 23.3 Å². The van der Waals surface area contributed by atoms with Crippen LogP contribution in [0.5, 0.6) is 17.2 Å². The molecule has 1 spiro atoms. The van der Waals surface area contributed by atoms with Gasteiger partial charge in [-0.3, -0.25) is 9.59 Å². The third-order valence-electron chi connectivity index (χ3n) is 10.8. The summed E-state index contributed by atoms with van der Waals surface area (Å²) in [5.74, 6) is -4.60. The number of esters is 1. The van der Waals surface area contributed by atoms with Crippen LogP contribution < -0.4 is 4.74 Å². The number of allylic oxidation sites excluding steroid dienone is 8. The number of aliphatic hydroxyl groups is 1. The zero-order valence-electron chi connectivity index (χ0n) is 32.8. The maximum atomic E-state index is 14.0. The molecule has 1 fully saturated rings. The lowest BCUT2D eigenvalue weighted by molar-refractivity contribution is -0.147. The fraction of sp³-hybridized carbons (Fsp3) is 0.630. The molecule has 0 aromatic heterocycles. The number of ether oxygens (including phenoxy) is 1. The van der Waals surface area contributed by atoms with Crippen molar-refractivity contribution in [1.29, 1.82) is 0 Å². The van der Waals surface area contributed by atoms with Gasteiger partial charge in [0, 0.05) is 17.2 Å². The van der Waals surface area contributed by atoms with Crippen molar-refractivity contribution in [2.24, 2.45) is 5.92 Å². The Morgan fingerprint density at radius 1 is 0.623 bits per heavy atom. The number of hydrogen-bond acceptors (Lipinski definition) is 7. The van der Waals surface area contributed by atoms with Gasteiger partial charge in [0.25, 0.3) is 0 Å². The van der Waals surface area contributed by atoms with Crippen molar-refractivity contribution in [3.05, 3.63) is 65.8 Å². The monoisotopic (exact) mass is 732 g/mol. The van der Waals surface area contributed by atoms with E-state index in [4.69, 9.17) is 4.74 Å². The Balaban J connectivity index is 1.46. The third kappa shape index (κ3) is 12.8. The van der Waals surface area contributed by atoms with Gasteiger partial charge in [0.05, 0.1) is 5.92 Å². The Morgan fingerprint density at radius 2 is 1.09 bits per heavy atom. The first kappa shape index (κ1) is 44.0. The Labute approximate surface area is 319 Å². The molecule has 3 atom stereocenters. The Kier molecular flexibility index (Phi) is 20.6. The van der Waals surface area contributed by atoms with Gasteiger partial charge in [-0.15, -0.1) is 0 Å². The number of hydrogen-bond donors (Lipinski definition) is 3. The molecule has 0 saturated heterocycles. The molecular formula is C46H68O7. The van der Waals surface area contributed by atoms with Crippen LogP contribution in [0.1, 0.15) is 173 Å². The average molecular weight is 733 g/mol. The van der Waals surface area contributed by atoms with E-state index in [9.17, 15) is 29.7 Å². The van der Waals surface area contributed by atoms with E-state index in [1.54, 1.807) is 0 Å². The predicted molar refractivity (Wildman–Crippen MR) is 214 cm³/mol. The largest absolute Gasteiger partial charge is 0.504 e. The van der Waals surface area contributed by atoms with Gasteiger partial charge in [-0.25, -0.2) is 4.79 Å². The van der Waals surface area contributed by atoms with Gasteiger partial charge in [-0.1, -0.05) is 133 Å². The summed E-state index contributed by atoms with van der Waals surface area (Å²) in [6.45, 7) is 4.43. The number of aromatic hydroxyl groups is 2. The molecule has 294 valence electrons. The summed E-state index contributed by atoms with van der Waals surface area (Å²) in [6, 6.07) is 1.09. The second-order valence-electron chi connectivity index (χ2n) is 15.0. The third-order valence-corrected chi connectivity index (χ3v) is 10.8. The number of carbonyl (C=O) groups is 3. The second kappa shape index (κ2) is 24.8. The number of benzene rings is 1. The molecule has 1 heterocycles. The standard InChI is InChI=1S/C46H68O7/c1-3-5-7-9-11-13-15-17-19-21-23-25-27-29-31-33-36-40-39(35-38(47)41(36)48)53-45(52)46(40)43(50)37(42(49)44(46)51)34-32-30-28-26-24-22-20-18-16-14-12-10-8-6-4-2/h11-14,17-20,35,37,42,47-49H,3-10,15-16,21-34H2,1-2H3. The van der Waals surface area contributed by atoms with E-state index in [0.717, 1.165) is 96.0 Å². The number of ketones is 2. The number of fused-ring (bicyclic) bond motifs is 2. The van der Waals surface area contributed by atoms with Crippen molar-refractivity contribution >= 4 is 17.5 Å². The molecule has 1 aromatic carbocycles. The van der Waals surface area contributed by atoms with Crippen molar-refractivity contribution in [3.63, 3.8) is 0 Å². The van der Waals surface area contributed by atoms with Crippen molar-refractivity contribution in [3.8, 4) is 17.2 Å². The summed E-state index contributed by atoms with van der Waals surface area (Å²) in [4.78, 5) is 41.1. The lowest BCUT2D eigenvalue weighted by Crippen LogP contribution is -2.46. The molecule has 1 aliphatic carbocycles. The number of Topliss-reactive ketones (excluding diaryl/α,β-unsaturated/α-hetero) is 2. The van der Waals surface area contributed by atoms with Gasteiger partial charge >= 0.3 is 5.97 Å². The molecule has 0 amide bonds. The number of aliphatic hydroxyl groups excluding tert-OH is 1. The SMILES string of the molecule is CCCCCC=CCC=CCCCCCCCc1c(O)c(O)cc2c1C1(C(=O)O2)C(=O)C(O)C(CCCCCCCC=CCC=CCCCCC)C1=O. The van der Waals surface area contributed by atoms with Crippen LogP contribution in [0.4, 0.5) is 0 Å². The molecule has 1 saturated carbocycles. The molecule has 1 aliphatic heterocycles. The predicted octanol–water partition coefficient (Wildman–Crippen LogP) is 11.2. The molecular weight excluding hydrogens is 664 g/mol. The minimum atomic E-state index is -2.30. The molecule has 7 heteroatoms. The van der Waals surface area contributed by atoms with E-state index < -0.39 is 46.5 Å². The van der Waals surface area contributed by atoms with Gasteiger partial charge in [0.1, 0.15) is 11.9 Å². The van der Waals surface area contributed by atoms with Crippen LogP contribution in [0.15, 0.2) is 54.7 Å². The minimum Gasteiger partial charge on any atom is -0.504 e. The molecule has 7 nitrogen and oxygen atoms in total. The highest BCUT2D eigenvalue weighted by Crippen LogP contribution is 2.54. The first-order valence-electron chi connectivity index (χ1n) is 21.0. The fourth-order valence-corrected chi connectivity index (χ4v) is 7.67. The highest BCUT2D eigenvalue weighted by molar-refractivity contribution is 6.36. The number of unbranched alkanes of at least 4 members (excludes halogenated alkanes) is 16. The number of phenols is 2. The zero-order chi connectivity index (χ0) is 38.3. The molecule has 0 bridgehead atoms. The van der Waals surface area contributed by atoms with E-state index >= 15 is 0 Å². The van der Waals surface area contributed by atoms with Gasteiger partial charge in [0.15, 0.2) is 23.1 Å². The molecule has 2 aliphatic rings. The quantitative estimate of drug-likeness (QED) is 0.0196. The molecule has 3 unspecified atom stereocenters. The summed E-state index contributed by atoms with van der Waals surface area (Å²) in [7, 11) is 0. The zero-order valence-corrected chi connectivity index (χ0v) is 32.8. The maximum absolute atomic E-state index is 14.0. The summed E-state index contributed by atoms with van der Waals surface area (Å²) in [5.41, 5.74) is -2.10. The normalized spacial score (nSPS) is 20.1. The molecule has 53 heavy (non-hydrogen) atoms. The van der Waals surface area contributed by atoms with Crippen LogP contribution >= 0.6 is 0 Å². The van der Waals surface area contributed by atoms with Crippen molar-refractivity contribution in [1.82, 2.24) is 0 Å². The molecule has 0 radical (unpaired) electrons. The summed E-state index contributed by atoms with van der Waals surface area (Å²) >= 11 is 0. The average Bonchev–Trinajstić information content (AvgIpc) is 3.54. The van der Waals surface area contributed by atoms with Gasteiger partial charge in [0.2, 0.25) is 5.41 Å². The number of phenolic OH excluding ortho intramolecular Hbond substituents is 2. The van der Waals surface area contributed by atoms with Crippen LogP contribution in [0.2, 0.25) is 0 Å². The first-order valence-corrected chi connectivity index (χ1v) is 21.0. The van der Waals surface area contributed by atoms with Crippen LogP contribution in [0, 0.1) is 5.92 Å². The minimum absolute atomic E-state index is 0.0129. The second-order valence-corrected chi connectivity index (χ2v) is 15.0. The number of carbonyl (C=O) groups excluding carboxylic acids is 3. The molecule has 3 N–H and O–H groups in total. The first-order chi connectivity index (χ1) is 25.8. The van der Waals surface area contributed by atoms with Crippen LogP contribution in [-0.2, 0) is 26.2 Å². The van der Waals surface area contributed by atoms with Crippen LogP contribution in [0.25, 0.3) is 0 Å². The highest BCUT2D eigenvalue weighted by Gasteiger charge is 2.70. The van der Waals surface area contributed by atoms with Crippen molar-refractivity contribution in [2.45, 2.75) is 179 Å². The van der Waals surface area contributed by atoms with Crippen molar-refractivity contribution in [2.75, 3.05) is 0 Å². The lowest BCUT2D eigenvalue weighted by Gasteiger charge is -2.21. The Bertz CT molecular complexity index is 1400. The molecule has 1 aromatic rings. The summed E-state index contributed by atoms with van der Waals surface area (Å²) in [6.07, 6.45) is 39.9. The van der Waals surface area contributed by atoms with Gasteiger partial charge in [-0.05, 0) is 83.5 Å². The summed E-state index contributed by atoms with van der Waals surface area (Å²) in [5, 5.41) is 32.4. The summed E-state index contributed by atoms with van der Waals surface area (Å²) < 4.78 is 5.44. The Morgan fingerprint density at radius 3 is 1.62 bits per heavy atom. The topological polar surface area (TPSA) is 121 Å². The Hall–Kier alpha value is -3.45. The van der Waals surface area contributed by atoms with Gasteiger partial charge < -0.3 is 20.1 Å². The van der Waals surface area contributed by atoms with E-state index in [0.29, 0.717) is 19.3 Å². The van der Waals surface area contributed by atoms with E-state index in [1.807, 2.05) is 0 Å².